The van der Waals surface area contributed by atoms with Crippen LogP contribution in [0.1, 0.15) is 24.5 Å². The summed E-state index contributed by atoms with van der Waals surface area (Å²) in [7, 11) is 3.67. The van der Waals surface area contributed by atoms with Crippen molar-refractivity contribution in [2.45, 2.75) is 32.4 Å². The molecule has 0 spiro atoms. The molecule has 0 bridgehead atoms. The summed E-state index contributed by atoms with van der Waals surface area (Å²) in [5, 5.41) is 3.26. The number of rotatable bonds is 8. The smallest absolute Gasteiger partial charge is 0.119 e. The quantitative estimate of drug-likeness (QED) is 0.804. The molecule has 0 radical (unpaired) electrons. The minimum atomic E-state index is 0.545. The average molecular weight is 299 g/mol. The summed E-state index contributed by atoms with van der Waals surface area (Å²) in [6, 6.07) is 16.9. The monoisotopic (exact) mass is 299 g/mol. The first-order valence-electron chi connectivity index (χ1n) is 7.73. The van der Waals surface area contributed by atoms with Crippen LogP contribution in [0.5, 0.6) is 11.5 Å². The Morgan fingerprint density at radius 1 is 1.00 bits per heavy atom. The second kappa shape index (κ2) is 8.44. The van der Waals surface area contributed by atoms with Crippen molar-refractivity contribution >= 4 is 0 Å². The fourth-order valence-corrected chi connectivity index (χ4v) is 2.21. The number of benzene rings is 2. The molecule has 0 amide bonds. The molecule has 3 nitrogen and oxygen atoms in total. The SMILES string of the molecule is CNC(C)CCc1ccc(OCc2cccc(OC)c2)cc1. The van der Waals surface area contributed by atoms with Crippen molar-refractivity contribution in [3.63, 3.8) is 0 Å². The standard InChI is InChI=1S/C19H25NO2/c1-15(20-2)7-8-16-9-11-18(12-10-16)22-14-17-5-4-6-19(13-17)21-3/h4-6,9-13,15,20H,7-8,14H2,1-3H3. The van der Waals surface area contributed by atoms with E-state index in [4.69, 9.17) is 9.47 Å². The summed E-state index contributed by atoms with van der Waals surface area (Å²) in [6.45, 7) is 2.75. The van der Waals surface area contributed by atoms with E-state index in [9.17, 15) is 0 Å². The third kappa shape index (κ3) is 5.08. The maximum atomic E-state index is 5.83. The van der Waals surface area contributed by atoms with Gasteiger partial charge < -0.3 is 14.8 Å². The lowest BCUT2D eigenvalue weighted by molar-refractivity contribution is 0.305. The van der Waals surface area contributed by atoms with Gasteiger partial charge in [-0.05, 0) is 62.2 Å². The van der Waals surface area contributed by atoms with Gasteiger partial charge in [0.2, 0.25) is 0 Å². The highest BCUT2D eigenvalue weighted by Gasteiger charge is 2.01. The van der Waals surface area contributed by atoms with E-state index in [2.05, 4.69) is 24.4 Å². The molecule has 22 heavy (non-hydrogen) atoms. The van der Waals surface area contributed by atoms with Gasteiger partial charge in [-0.3, -0.25) is 0 Å². The van der Waals surface area contributed by atoms with E-state index < -0.39 is 0 Å². The zero-order valence-corrected chi connectivity index (χ0v) is 13.6. The van der Waals surface area contributed by atoms with Gasteiger partial charge in [0.25, 0.3) is 0 Å². The average Bonchev–Trinajstić information content (AvgIpc) is 2.58. The van der Waals surface area contributed by atoms with Crippen molar-refractivity contribution < 1.29 is 9.47 Å². The first kappa shape index (κ1) is 16.4. The number of methoxy groups -OCH3 is 1. The number of aryl methyl sites for hydroxylation is 1. The molecule has 1 unspecified atom stereocenters. The summed E-state index contributed by atoms with van der Waals surface area (Å²) in [5.74, 6) is 1.75. The van der Waals surface area contributed by atoms with Crippen molar-refractivity contribution in [1.82, 2.24) is 5.32 Å². The van der Waals surface area contributed by atoms with Crippen LogP contribution in [0.3, 0.4) is 0 Å². The minimum absolute atomic E-state index is 0.545. The Hall–Kier alpha value is -2.00. The first-order valence-corrected chi connectivity index (χ1v) is 7.73. The van der Waals surface area contributed by atoms with E-state index in [1.807, 2.05) is 43.4 Å². The maximum Gasteiger partial charge on any atom is 0.119 e. The molecular weight excluding hydrogens is 274 g/mol. The van der Waals surface area contributed by atoms with E-state index in [1.54, 1.807) is 7.11 Å². The zero-order chi connectivity index (χ0) is 15.8. The lowest BCUT2D eigenvalue weighted by atomic mass is 10.1. The predicted molar refractivity (Wildman–Crippen MR) is 90.6 cm³/mol. The fourth-order valence-electron chi connectivity index (χ4n) is 2.21. The van der Waals surface area contributed by atoms with Crippen LogP contribution in [-0.2, 0) is 13.0 Å². The van der Waals surface area contributed by atoms with E-state index in [1.165, 1.54) is 5.56 Å². The topological polar surface area (TPSA) is 30.5 Å². The molecule has 0 aromatic heterocycles. The number of nitrogens with one attached hydrogen (secondary N) is 1. The third-order valence-electron chi connectivity index (χ3n) is 3.82. The van der Waals surface area contributed by atoms with Gasteiger partial charge in [-0.25, -0.2) is 0 Å². The number of ether oxygens (including phenoxy) is 2. The van der Waals surface area contributed by atoms with Crippen molar-refractivity contribution in [2.75, 3.05) is 14.2 Å². The molecule has 2 aromatic carbocycles. The van der Waals surface area contributed by atoms with Crippen molar-refractivity contribution in [2.24, 2.45) is 0 Å². The molecule has 3 heteroatoms. The van der Waals surface area contributed by atoms with E-state index in [-0.39, 0.29) is 0 Å². The summed E-state index contributed by atoms with van der Waals surface area (Å²) in [6.07, 6.45) is 2.22. The molecule has 0 heterocycles. The highest BCUT2D eigenvalue weighted by Crippen LogP contribution is 2.17. The van der Waals surface area contributed by atoms with Crippen LogP contribution in [0.15, 0.2) is 48.5 Å². The first-order chi connectivity index (χ1) is 10.7. The lowest BCUT2D eigenvalue weighted by Crippen LogP contribution is -2.21. The molecule has 0 aliphatic carbocycles. The summed E-state index contributed by atoms with van der Waals surface area (Å²) < 4.78 is 11.0. The van der Waals surface area contributed by atoms with Crippen molar-refractivity contribution in [3.8, 4) is 11.5 Å². The molecular formula is C19H25NO2. The normalized spacial score (nSPS) is 12.0. The molecule has 1 N–H and O–H groups in total. The molecule has 2 aromatic rings. The van der Waals surface area contributed by atoms with Crippen LogP contribution in [0.25, 0.3) is 0 Å². The summed E-state index contributed by atoms with van der Waals surface area (Å²) >= 11 is 0. The van der Waals surface area contributed by atoms with E-state index in [0.29, 0.717) is 12.6 Å². The van der Waals surface area contributed by atoms with Crippen LogP contribution in [0.4, 0.5) is 0 Å². The molecule has 2 rings (SSSR count). The zero-order valence-electron chi connectivity index (χ0n) is 13.6. The Balaban J connectivity index is 1.85. The van der Waals surface area contributed by atoms with Crippen LogP contribution >= 0.6 is 0 Å². The molecule has 0 fully saturated rings. The Kier molecular flexibility index (Phi) is 6.28. The highest BCUT2D eigenvalue weighted by atomic mass is 16.5. The van der Waals surface area contributed by atoms with Gasteiger partial charge in [0, 0.05) is 6.04 Å². The molecule has 0 saturated carbocycles. The Morgan fingerprint density at radius 3 is 2.45 bits per heavy atom. The summed E-state index contributed by atoms with van der Waals surface area (Å²) in [5.41, 5.74) is 2.45. The highest BCUT2D eigenvalue weighted by molar-refractivity contribution is 5.30. The van der Waals surface area contributed by atoms with Gasteiger partial charge in [0.15, 0.2) is 0 Å². The van der Waals surface area contributed by atoms with Crippen molar-refractivity contribution in [1.29, 1.82) is 0 Å². The minimum Gasteiger partial charge on any atom is -0.497 e. The molecule has 118 valence electrons. The summed E-state index contributed by atoms with van der Waals surface area (Å²) in [4.78, 5) is 0. The lowest BCUT2D eigenvalue weighted by Gasteiger charge is -2.11. The van der Waals surface area contributed by atoms with E-state index in [0.717, 1.165) is 29.9 Å². The van der Waals surface area contributed by atoms with Crippen molar-refractivity contribution in [3.05, 3.63) is 59.7 Å². The molecule has 0 aliphatic rings. The number of hydrogen-bond acceptors (Lipinski definition) is 3. The van der Waals surface area contributed by atoms with Crippen LogP contribution in [0.2, 0.25) is 0 Å². The van der Waals surface area contributed by atoms with E-state index >= 15 is 0 Å². The predicted octanol–water partition coefficient (Wildman–Crippen LogP) is 3.81. The molecule has 0 saturated heterocycles. The van der Waals surface area contributed by atoms with Gasteiger partial charge in [0.05, 0.1) is 7.11 Å². The van der Waals surface area contributed by atoms with Gasteiger partial charge >= 0.3 is 0 Å². The second-order valence-corrected chi connectivity index (χ2v) is 5.51. The van der Waals surface area contributed by atoms with Gasteiger partial charge in [0.1, 0.15) is 18.1 Å². The molecule has 1 atom stereocenters. The van der Waals surface area contributed by atoms with Crippen LogP contribution < -0.4 is 14.8 Å². The Labute approximate surface area is 133 Å². The maximum absolute atomic E-state index is 5.83. The fraction of sp³-hybridized carbons (Fsp3) is 0.368. The number of hydrogen-bond donors (Lipinski definition) is 1. The molecule has 0 aliphatic heterocycles. The van der Waals surface area contributed by atoms with Gasteiger partial charge in [-0.2, -0.15) is 0 Å². The Bertz CT molecular complexity index is 566. The largest absolute Gasteiger partial charge is 0.497 e. The van der Waals surface area contributed by atoms with Crippen LogP contribution in [-0.4, -0.2) is 20.2 Å². The Morgan fingerprint density at radius 2 is 1.77 bits per heavy atom. The second-order valence-electron chi connectivity index (χ2n) is 5.51. The van der Waals surface area contributed by atoms with Gasteiger partial charge in [-0.15, -0.1) is 0 Å². The van der Waals surface area contributed by atoms with Gasteiger partial charge in [-0.1, -0.05) is 24.3 Å². The third-order valence-corrected chi connectivity index (χ3v) is 3.82. The van der Waals surface area contributed by atoms with Crippen LogP contribution in [0, 0.1) is 0 Å².